The van der Waals surface area contributed by atoms with E-state index in [-0.39, 0.29) is 12.0 Å². The third-order valence-electron chi connectivity index (χ3n) is 2.56. The molecule has 108 valence electrons. The number of nitrogens with zero attached hydrogens (tertiary/aromatic N) is 3. The summed E-state index contributed by atoms with van der Waals surface area (Å²) in [5.41, 5.74) is 6.25. The van der Waals surface area contributed by atoms with Gasteiger partial charge in [-0.25, -0.2) is 0 Å². The molecule has 1 unspecified atom stereocenters. The summed E-state index contributed by atoms with van der Waals surface area (Å²) in [5, 5.41) is 6.65. The molecule has 0 saturated heterocycles. The summed E-state index contributed by atoms with van der Waals surface area (Å²) in [5.74, 6) is -1.94. The lowest BCUT2D eigenvalue weighted by Gasteiger charge is -2.16. The predicted molar refractivity (Wildman–Crippen MR) is 70.2 cm³/mol. The molecule has 5 nitrogen and oxygen atoms in total. The van der Waals surface area contributed by atoms with E-state index in [1.54, 1.807) is 0 Å². The van der Waals surface area contributed by atoms with E-state index >= 15 is 0 Å². The van der Waals surface area contributed by atoms with Crippen LogP contribution in [0.4, 0.5) is 25.1 Å². The number of alkyl halides is 3. The van der Waals surface area contributed by atoms with Crippen molar-refractivity contribution in [1.82, 2.24) is 15.0 Å². The smallest absolute Gasteiger partial charge is 0.368 e. The molecule has 2 rings (SSSR count). The van der Waals surface area contributed by atoms with Crippen LogP contribution in [-0.2, 0) is 6.18 Å². The van der Waals surface area contributed by atoms with E-state index in [4.69, 9.17) is 5.73 Å². The average Bonchev–Trinajstić information content (AvgIpc) is 2.88. The third kappa shape index (κ3) is 3.35. The van der Waals surface area contributed by atoms with Crippen LogP contribution in [0.25, 0.3) is 0 Å². The minimum atomic E-state index is -4.66. The van der Waals surface area contributed by atoms with Crippen LogP contribution in [0.1, 0.15) is 30.8 Å². The summed E-state index contributed by atoms with van der Waals surface area (Å²) in [6, 6.07) is 1.71. The van der Waals surface area contributed by atoms with Gasteiger partial charge in [-0.1, -0.05) is 6.92 Å². The average molecular weight is 303 g/mol. The second-order valence-corrected chi connectivity index (χ2v) is 4.78. The van der Waals surface area contributed by atoms with Crippen molar-refractivity contribution in [2.75, 3.05) is 11.1 Å². The summed E-state index contributed by atoms with van der Waals surface area (Å²) in [6.07, 6.45) is -3.98. The quantitative estimate of drug-likeness (QED) is 0.907. The van der Waals surface area contributed by atoms with E-state index < -0.39 is 17.9 Å². The molecular weight excluding hydrogens is 291 g/mol. The molecule has 2 aromatic heterocycles. The standard InChI is InChI=1S/C11H12F3N5S/c1-2-7(6-3-4-20-5-6)16-10-18-8(11(12,13)14)17-9(15)19-10/h3-5,7H,2H2,1H3,(H3,15,16,17,18,19). The van der Waals surface area contributed by atoms with Gasteiger partial charge in [-0.2, -0.15) is 39.5 Å². The number of halogens is 3. The number of rotatable bonds is 4. The first kappa shape index (κ1) is 14.5. The van der Waals surface area contributed by atoms with Gasteiger partial charge >= 0.3 is 6.18 Å². The van der Waals surface area contributed by atoms with Crippen LogP contribution in [0, 0.1) is 0 Å². The zero-order valence-corrected chi connectivity index (χ0v) is 11.3. The van der Waals surface area contributed by atoms with Gasteiger partial charge in [-0.05, 0) is 28.8 Å². The van der Waals surface area contributed by atoms with Crippen LogP contribution in [0.2, 0.25) is 0 Å². The number of nitrogens with two attached hydrogens (primary N) is 1. The fourth-order valence-corrected chi connectivity index (χ4v) is 2.35. The van der Waals surface area contributed by atoms with Crippen molar-refractivity contribution in [1.29, 1.82) is 0 Å². The monoisotopic (exact) mass is 303 g/mol. The highest BCUT2D eigenvalue weighted by atomic mass is 32.1. The van der Waals surface area contributed by atoms with Gasteiger partial charge < -0.3 is 11.1 Å². The number of nitrogens with one attached hydrogen (secondary N) is 1. The minimum Gasteiger partial charge on any atom is -0.368 e. The van der Waals surface area contributed by atoms with Crippen molar-refractivity contribution in [3.05, 3.63) is 28.2 Å². The van der Waals surface area contributed by atoms with Gasteiger partial charge in [0.15, 0.2) is 0 Å². The molecule has 3 N–H and O–H groups in total. The Morgan fingerprint density at radius 2 is 2.10 bits per heavy atom. The molecule has 2 heterocycles. The summed E-state index contributed by atoms with van der Waals surface area (Å²) in [7, 11) is 0. The van der Waals surface area contributed by atoms with Crippen LogP contribution in [0.15, 0.2) is 16.8 Å². The Morgan fingerprint density at radius 1 is 1.35 bits per heavy atom. The molecule has 9 heteroatoms. The molecule has 0 saturated carbocycles. The molecule has 20 heavy (non-hydrogen) atoms. The Balaban J connectivity index is 2.27. The first-order valence-corrected chi connectivity index (χ1v) is 6.71. The second kappa shape index (κ2) is 5.61. The maximum absolute atomic E-state index is 12.6. The van der Waals surface area contributed by atoms with Crippen molar-refractivity contribution >= 4 is 23.2 Å². The molecule has 0 aliphatic rings. The molecule has 0 aliphatic heterocycles. The number of aromatic nitrogens is 3. The van der Waals surface area contributed by atoms with Gasteiger partial charge in [0, 0.05) is 0 Å². The fraction of sp³-hybridized carbons (Fsp3) is 0.364. The minimum absolute atomic E-state index is 0.177. The molecule has 0 bridgehead atoms. The first-order chi connectivity index (χ1) is 9.40. The van der Waals surface area contributed by atoms with Crippen molar-refractivity contribution in [2.45, 2.75) is 25.6 Å². The lowest BCUT2D eigenvalue weighted by atomic mass is 10.1. The van der Waals surface area contributed by atoms with Crippen LogP contribution >= 0.6 is 11.3 Å². The van der Waals surface area contributed by atoms with Crippen molar-refractivity contribution in [2.24, 2.45) is 0 Å². The second-order valence-electron chi connectivity index (χ2n) is 4.00. The van der Waals surface area contributed by atoms with Gasteiger partial charge in [0.2, 0.25) is 17.7 Å². The first-order valence-electron chi connectivity index (χ1n) is 5.77. The summed E-state index contributed by atoms with van der Waals surface area (Å²) < 4.78 is 37.8. The Morgan fingerprint density at radius 3 is 2.65 bits per heavy atom. The van der Waals surface area contributed by atoms with Crippen molar-refractivity contribution < 1.29 is 13.2 Å². The van der Waals surface area contributed by atoms with Gasteiger partial charge in [-0.15, -0.1) is 0 Å². The van der Waals surface area contributed by atoms with Crippen LogP contribution in [0.3, 0.4) is 0 Å². The number of anilines is 2. The van der Waals surface area contributed by atoms with Crippen LogP contribution in [0.5, 0.6) is 0 Å². The van der Waals surface area contributed by atoms with E-state index in [0.29, 0.717) is 6.42 Å². The Labute approximate surface area is 117 Å². The molecule has 1 atom stereocenters. The summed E-state index contributed by atoms with van der Waals surface area (Å²) in [6.45, 7) is 1.91. The molecular formula is C11H12F3N5S. The predicted octanol–water partition coefficient (Wildman–Crippen LogP) is 3.10. The van der Waals surface area contributed by atoms with E-state index in [9.17, 15) is 13.2 Å². The maximum atomic E-state index is 12.6. The topological polar surface area (TPSA) is 76.7 Å². The molecule has 0 fully saturated rings. The largest absolute Gasteiger partial charge is 0.451 e. The molecule has 0 radical (unpaired) electrons. The molecule has 0 aromatic carbocycles. The highest BCUT2D eigenvalue weighted by Crippen LogP contribution is 2.28. The number of nitrogen functional groups attached to an aromatic ring is 1. The van der Waals surface area contributed by atoms with Gasteiger partial charge in [0.1, 0.15) is 0 Å². The fourth-order valence-electron chi connectivity index (χ4n) is 1.63. The van der Waals surface area contributed by atoms with Crippen LogP contribution < -0.4 is 11.1 Å². The van der Waals surface area contributed by atoms with Gasteiger partial charge in [-0.3, -0.25) is 0 Å². The summed E-state index contributed by atoms with van der Waals surface area (Å²) >= 11 is 1.51. The zero-order valence-electron chi connectivity index (χ0n) is 10.5. The number of hydrogen-bond acceptors (Lipinski definition) is 6. The van der Waals surface area contributed by atoms with Crippen LogP contribution in [-0.4, -0.2) is 15.0 Å². The van der Waals surface area contributed by atoms with Gasteiger partial charge in [0.05, 0.1) is 6.04 Å². The lowest BCUT2D eigenvalue weighted by molar-refractivity contribution is -0.144. The van der Waals surface area contributed by atoms with Crippen molar-refractivity contribution in [3.8, 4) is 0 Å². The number of thiophene rings is 1. The van der Waals surface area contributed by atoms with E-state index in [0.717, 1.165) is 5.56 Å². The zero-order chi connectivity index (χ0) is 14.8. The van der Waals surface area contributed by atoms with E-state index in [2.05, 4.69) is 20.3 Å². The highest BCUT2D eigenvalue weighted by molar-refractivity contribution is 7.07. The number of hydrogen-bond donors (Lipinski definition) is 2. The summed E-state index contributed by atoms with van der Waals surface area (Å²) in [4.78, 5) is 10.2. The maximum Gasteiger partial charge on any atom is 0.451 e. The van der Waals surface area contributed by atoms with Crippen molar-refractivity contribution in [3.63, 3.8) is 0 Å². The molecule has 0 amide bonds. The van der Waals surface area contributed by atoms with E-state index in [1.165, 1.54) is 11.3 Å². The highest BCUT2D eigenvalue weighted by Gasteiger charge is 2.35. The SMILES string of the molecule is CCC(Nc1nc(N)nc(C(F)(F)F)n1)c1ccsc1. The normalized spacial score (nSPS) is 13.2. The molecule has 0 spiro atoms. The molecule has 0 aliphatic carbocycles. The van der Waals surface area contributed by atoms with E-state index in [1.807, 2.05) is 23.8 Å². The third-order valence-corrected chi connectivity index (χ3v) is 3.26. The molecule has 2 aromatic rings. The van der Waals surface area contributed by atoms with Gasteiger partial charge in [0.25, 0.3) is 0 Å². The lowest BCUT2D eigenvalue weighted by Crippen LogP contribution is -2.18. The Kier molecular flexibility index (Phi) is 4.07. The Hall–Kier alpha value is -1.90. The Bertz CT molecular complexity index is 570.